The first-order valence-electron chi connectivity index (χ1n) is 8.45. The number of unbranched alkanes of at least 4 members (excludes halogenated alkanes) is 3. The third-order valence-electron chi connectivity index (χ3n) is 4.15. The zero-order chi connectivity index (χ0) is 14.8. The number of hydrogen-bond donors (Lipinski definition) is 0. The van der Waals surface area contributed by atoms with Crippen LogP contribution in [0.15, 0.2) is 24.3 Å². The highest BCUT2D eigenvalue weighted by Gasteiger charge is 2.32. The first-order valence-corrected chi connectivity index (χ1v) is 8.45. The highest BCUT2D eigenvalue weighted by Crippen LogP contribution is 2.39. The van der Waals surface area contributed by atoms with Gasteiger partial charge in [-0.2, -0.15) is 0 Å². The molecule has 0 unspecified atom stereocenters. The Kier molecular flexibility index (Phi) is 7.87. The lowest BCUT2D eigenvalue weighted by Gasteiger charge is -2.28. The largest absolute Gasteiger partial charge is 0.239 e. The van der Waals surface area contributed by atoms with Gasteiger partial charge in [-0.15, -0.1) is 0 Å². The summed E-state index contributed by atoms with van der Waals surface area (Å²) in [5.41, 5.74) is 1.08. The van der Waals surface area contributed by atoms with E-state index in [2.05, 4.69) is 32.9 Å². The highest BCUT2D eigenvalue weighted by molar-refractivity contribution is 5.32. The molecule has 1 rings (SSSR count). The molecule has 0 amide bonds. The average Bonchev–Trinajstić information content (AvgIpc) is 2.49. The second kappa shape index (κ2) is 9.15. The van der Waals surface area contributed by atoms with Crippen LogP contribution >= 0.6 is 0 Å². The summed E-state index contributed by atoms with van der Waals surface area (Å²) in [6.07, 6.45) is 8.75. The zero-order valence-electron chi connectivity index (χ0n) is 13.6. The SMILES string of the molecule is CCCCc1ccccc1C(F)(CCCC)CCCC. The van der Waals surface area contributed by atoms with Crippen LogP contribution in [0.5, 0.6) is 0 Å². The fraction of sp³-hybridized carbons (Fsp3) is 0.684. The van der Waals surface area contributed by atoms with Crippen molar-refractivity contribution in [1.82, 2.24) is 0 Å². The second-order valence-electron chi connectivity index (χ2n) is 5.93. The summed E-state index contributed by atoms with van der Waals surface area (Å²) >= 11 is 0. The third-order valence-corrected chi connectivity index (χ3v) is 4.15. The van der Waals surface area contributed by atoms with Crippen molar-refractivity contribution >= 4 is 0 Å². The molecule has 0 aliphatic carbocycles. The van der Waals surface area contributed by atoms with Gasteiger partial charge in [0.25, 0.3) is 0 Å². The van der Waals surface area contributed by atoms with E-state index in [0.29, 0.717) is 12.8 Å². The van der Waals surface area contributed by atoms with Crippen molar-refractivity contribution in [1.29, 1.82) is 0 Å². The minimum Gasteiger partial charge on any atom is -0.239 e. The molecule has 0 aliphatic heterocycles. The Hall–Kier alpha value is -0.850. The predicted molar refractivity (Wildman–Crippen MR) is 86.9 cm³/mol. The molecule has 0 nitrogen and oxygen atoms in total. The van der Waals surface area contributed by atoms with E-state index in [9.17, 15) is 0 Å². The molecule has 0 radical (unpaired) electrons. The van der Waals surface area contributed by atoms with Crippen molar-refractivity contribution < 1.29 is 4.39 Å². The minimum atomic E-state index is -1.11. The van der Waals surface area contributed by atoms with Crippen molar-refractivity contribution in [3.05, 3.63) is 35.4 Å². The zero-order valence-corrected chi connectivity index (χ0v) is 13.6. The summed E-state index contributed by atoms with van der Waals surface area (Å²) in [4.78, 5) is 0. The van der Waals surface area contributed by atoms with Crippen molar-refractivity contribution in [3.63, 3.8) is 0 Å². The van der Waals surface area contributed by atoms with E-state index < -0.39 is 5.67 Å². The maximum Gasteiger partial charge on any atom is 0.136 e. The Morgan fingerprint density at radius 3 is 1.95 bits per heavy atom. The van der Waals surface area contributed by atoms with E-state index in [0.717, 1.165) is 50.5 Å². The third kappa shape index (κ3) is 4.92. The first kappa shape index (κ1) is 17.2. The van der Waals surface area contributed by atoms with E-state index >= 15 is 4.39 Å². The standard InChI is InChI=1S/C19H31F/c1-4-7-12-17-13-10-11-14-18(17)19(20,15-8-5-2)16-9-6-3/h10-11,13-14H,4-9,12,15-16H2,1-3H3. The molecular weight excluding hydrogens is 247 g/mol. The van der Waals surface area contributed by atoms with Crippen molar-refractivity contribution in [2.45, 2.75) is 84.2 Å². The molecular formula is C19H31F. The van der Waals surface area contributed by atoms with Gasteiger partial charge in [-0.05, 0) is 36.8 Å². The van der Waals surface area contributed by atoms with Crippen molar-refractivity contribution in [2.24, 2.45) is 0 Å². The van der Waals surface area contributed by atoms with Crippen LogP contribution in [-0.2, 0) is 12.1 Å². The molecule has 0 fully saturated rings. The van der Waals surface area contributed by atoms with Gasteiger partial charge >= 0.3 is 0 Å². The lowest BCUT2D eigenvalue weighted by molar-refractivity contribution is 0.128. The Balaban J connectivity index is 2.98. The topological polar surface area (TPSA) is 0 Å². The van der Waals surface area contributed by atoms with E-state index in [1.807, 2.05) is 12.1 Å². The summed E-state index contributed by atoms with van der Waals surface area (Å²) in [5, 5.41) is 0. The Morgan fingerprint density at radius 2 is 1.40 bits per heavy atom. The quantitative estimate of drug-likeness (QED) is 0.454. The second-order valence-corrected chi connectivity index (χ2v) is 5.93. The number of benzene rings is 1. The molecule has 0 saturated carbocycles. The van der Waals surface area contributed by atoms with Crippen LogP contribution in [-0.4, -0.2) is 0 Å². The van der Waals surface area contributed by atoms with Crippen LogP contribution in [0.3, 0.4) is 0 Å². The summed E-state index contributed by atoms with van der Waals surface area (Å²) in [7, 11) is 0. The lowest BCUT2D eigenvalue weighted by atomic mass is 9.82. The highest BCUT2D eigenvalue weighted by atomic mass is 19.1. The van der Waals surface area contributed by atoms with Gasteiger partial charge < -0.3 is 0 Å². The first-order chi connectivity index (χ1) is 9.68. The van der Waals surface area contributed by atoms with Crippen LogP contribution < -0.4 is 0 Å². The van der Waals surface area contributed by atoms with E-state index in [4.69, 9.17) is 0 Å². The molecule has 0 spiro atoms. The fourth-order valence-corrected chi connectivity index (χ4v) is 2.85. The van der Waals surface area contributed by atoms with Gasteiger partial charge in [0.2, 0.25) is 0 Å². The number of aryl methyl sites for hydroxylation is 1. The summed E-state index contributed by atoms with van der Waals surface area (Å²) in [6, 6.07) is 8.19. The fourth-order valence-electron chi connectivity index (χ4n) is 2.85. The molecule has 0 atom stereocenters. The molecule has 0 bridgehead atoms. The summed E-state index contributed by atoms with van der Waals surface area (Å²) in [5.74, 6) is 0. The molecule has 20 heavy (non-hydrogen) atoms. The molecule has 114 valence electrons. The maximum absolute atomic E-state index is 15.6. The monoisotopic (exact) mass is 278 g/mol. The smallest absolute Gasteiger partial charge is 0.136 e. The molecule has 1 aromatic rings. The van der Waals surface area contributed by atoms with Crippen molar-refractivity contribution in [2.75, 3.05) is 0 Å². The Morgan fingerprint density at radius 1 is 0.850 bits per heavy atom. The normalized spacial score (nSPS) is 11.8. The molecule has 0 heterocycles. The van der Waals surface area contributed by atoms with Gasteiger partial charge in [0, 0.05) is 0 Å². The molecule has 0 saturated heterocycles. The van der Waals surface area contributed by atoms with Crippen LogP contribution in [0.1, 0.15) is 83.3 Å². The van der Waals surface area contributed by atoms with Gasteiger partial charge in [-0.3, -0.25) is 0 Å². The Labute approximate surface area is 124 Å². The molecule has 0 aliphatic rings. The minimum absolute atomic E-state index is 0.673. The summed E-state index contributed by atoms with van der Waals surface area (Å²) < 4.78 is 15.6. The van der Waals surface area contributed by atoms with Gasteiger partial charge in [0.1, 0.15) is 5.67 Å². The molecule has 0 aromatic heterocycles. The lowest BCUT2D eigenvalue weighted by Crippen LogP contribution is -2.22. The van der Waals surface area contributed by atoms with E-state index in [1.165, 1.54) is 5.56 Å². The number of halogens is 1. The molecule has 1 aromatic carbocycles. The average molecular weight is 278 g/mol. The van der Waals surface area contributed by atoms with Gasteiger partial charge in [-0.1, -0.05) is 77.1 Å². The Bertz CT molecular complexity index is 362. The van der Waals surface area contributed by atoms with Crippen LogP contribution in [0.4, 0.5) is 4.39 Å². The van der Waals surface area contributed by atoms with Crippen LogP contribution in [0.25, 0.3) is 0 Å². The molecule has 1 heteroatoms. The predicted octanol–water partition coefficient (Wildman–Crippen LogP) is 6.57. The van der Waals surface area contributed by atoms with Crippen LogP contribution in [0.2, 0.25) is 0 Å². The number of rotatable bonds is 10. The van der Waals surface area contributed by atoms with E-state index in [-0.39, 0.29) is 0 Å². The molecule has 0 N–H and O–H groups in total. The van der Waals surface area contributed by atoms with Crippen LogP contribution in [0, 0.1) is 0 Å². The number of alkyl halides is 1. The van der Waals surface area contributed by atoms with Gasteiger partial charge in [-0.25, -0.2) is 4.39 Å². The summed E-state index contributed by atoms with van der Waals surface area (Å²) in [6.45, 7) is 6.48. The van der Waals surface area contributed by atoms with Crippen molar-refractivity contribution in [3.8, 4) is 0 Å². The van der Waals surface area contributed by atoms with Gasteiger partial charge in [0.15, 0.2) is 0 Å². The van der Waals surface area contributed by atoms with Gasteiger partial charge in [0.05, 0.1) is 0 Å². The maximum atomic E-state index is 15.6. The van der Waals surface area contributed by atoms with E-state index in [1.54, 1.807) is 0 Å². The number of hydrogen-bond acceptors (Lipinski definition) is 0.